The first kappa shape index (κ1) is 26.6. The summed E-state index contributed by atoms with van der Waals surface area (Å²) in [6.45, 7) is 5.17. The molecule has 2 aliphatic rings. The molecule has 0 spiro atoms. The first-order chi connectivity index (χ1) is 19.4. The monoisotopic (exact) mass is 618 g/mol. The molecule has 6 rings (SSSR count). The van der Waals surface area contributed by atoms with Gasteiger partial charge in [0.05, 0.1) is 11.7 Å². The van der Waals surface area contributed by atoms with Crippen molar-refractivity contribution in [3.63, 3.8) is 0 Å². The number of anilines is 1. The van der Waals surface area contributed by atoms with Crippen LogP contribution in [0.5, 0.6) is 5.75 Å². The molecule has 1 atom stereocenters. The van der Waals surface area contributed by atoms with E-state index in [-0.39, 0.29) is 17.8 Å². The van der Waals surface area contributed by atoms with Crippen LogP contribution in [0.3, 0.4) is 0 Å². The van der Waals surface area contributed by atoms with Crippen LogP contribution in [-0.2, 0) is 6.54 Å². The average molecular weight is 620 g/mol. The van der Waals surface area contributed by atoms with Crippen LogP contribution in [0.25, 0.3) is 11.6 Å². The third-order valence-electron chi connectivity index (χ3n) is 7.51. The summed E-state index contributed by atoms with van der Waals surface area (Å²) in [5.74, 6) is 1.11. The van der Waals surface area contributed by atoms with Gasteiger partial charge in [-0.15, -0.1) is 0 Å². The number of benzene rings is 2. The van der Waals surface area contributed by atoms with Crippen molar-refractivity contribution in [2.24, 2.45) is 0 Å². The van der Waals surface area contributed by atoms with Crippen LogP contribution in [0, 0.1) is 6.92 Å². The zero-order valence-electron chi connectivity index (χ0n) is 21.9. The third-order valence-corrected chi connectivity index (χ3v) is 8.18. The molecule has 1 aliphatic carbocycles. The molecule has 1 saturated heterocycles. The molecule has 2 amide bonds. The second-order valence-corrected chi connectivity index (χ2v) is 11.4. The number of urea groups is 1. The lowest BCUT2D eigenvalue weighted by Gasteiger charge is -2.39. The minimum Gasteiger partial charge on any atom is -0.508 e. The van der Waals surface area contributed by atoms with Gasteiger partial charge in [0, 0.05) is 72.1 Å². The summed E-state index contributed by atoms with van der Waals surface area (Å²) in [5, 5.41) is 13.1. The van der Waals surface area contributed by atoms with Crippen molar-refractivity contribution in [2.75, 3.05) is 31.5 Å². The molecule has 1 unspecified atom stereocenters. The number of rotatable bonds is 4. The molecule has 2 aromatic heterocycles. The minimum atomic E-state index is -0.152. The Morgan fingerprint density at radius 3 is 2.60 bits per heavy atom. The van der Waals surface area contributed by atoms with E-state index in [9.17, 15) is 9.90 Å². The Hall–Kier alpha value is -3.66. The summed E-state index contributed by atoms with van der Waals surface area (Å²) >= 11 is 10.1. The van der Waals surface area contributed by atoms with Crippen LogP contribution in [0.1, 0.15) is 34.3 Å². The highest BCUT2D eigenvalue weighted by molar-refractivity contribution is 9.10. The SMILES string of the molecule is Cc1nccn1CC1=Cc2cc(Cl)ccc2C(N2CCN(C(=O)Nc3ccc(O)cc3)CC2)c2ncc(Br)cc21. The first-order valence-electron chi connectivity index (χ1n) is 13.1. The van der Waals surface area contributed by atoms with Gasteiger partial charge in [0.25, 0.3) is 0 Å². The molecule has 0 saturated carbocycles. The van der Waals surface area contributed by atoms with E-state index in [4.69, 9.17) is 16.6 Å². The Kier molecular flexibility index (Phi) is 7.35. The smallest absolute Gasteiger partial charge is 0.321 e. The number of fused-ring (bicyclic) bond motifs is 2. The molecule has 0 radical (unpaired) electrons. The number of nitrogens with one attached hydrogen (secondary N) is 1. The Morgan fingerprint density at radius 1 is 1.10 bits per heavy atom. The maximum absolute atomic E-state index is 13.0. The quantitative estimate of drug-likeness (QED) is 0.266. The average Bonchev–Trinajstić information content (AvgIpc) is 3.30. The van der Waals surface area contributed by atoms with Crippen molar-refractivity contribution in [3.8, 4) is 5.75 Å². The lowest BCUT2D eigenvalue weighted by atomic mass is 9.95. The van der Waals surface area contributed by atoms with E-state index in [1.807, 2.05) is 42.5 Å². The minimum absolute atomic E-state index is 0.102. The van der Waals surface area contributed by atoms with Crippen LogP contribution in [-0.4, -0.2) is 61.7 Å². The number of imidazole rings is 1. The molecule has 2 N–H and O–H groups in total. The number of piperazine rings is 1. The lowest BCUT2D eigenvalue weighted by Crippen LogP contribution is -2.51. The number of halogens is 2. The Labute approximate surface area is 246 Å². The summed E-state index contributed by atoms with van der Waals surface area (Å²) in [6.07, 6.45) is 7.88. The number of phenolic OH excluding ortho intramolecular Hbond substituents is 1. The molecule has 0 bridgehead atoms. The molecule has 1 aliphatic heterocycles. The normalized spacial score (nSPS) is 17.0. The number of aryl methyl sites for hydroxylation is 1. The summed E-state index contributed by atoms with van der Waals surface area (Å²) in [6, 6.07) is 14.4. The highest BCUT2D eigenvalue weighted by Gasteiger charge is 2.34. The molecule has 204 valence electrons. The zero-order valence-corrected chi connectivity index (χ0v) is 24.2. The Bertz CT molecular complexity index is 1590. The number of hydrogen-bond donors (Lipinski definition) is 2. The number of allylic oxidation sites excluding steroid dienone is 1. The Balaban J connectivity index is 1.31. The fourth-order valence-electron chi connectivity index (χ4n) is 5.44. The maximum Gasteiger partial charge on any atom is 0.321 e. The molecular formula is C30H28BrClN6O2. The van der Waals surface area contributed by atoms with Gasteiger partial charge in [0.15, 0.2) is 0 Å². The number of hydrogen-bond acceptors (Lipinski definition) is 5. The summed E-state index contributed by atoms with van der Waals surface area (Å²) in [7, 11) is 0. The molecule has 8 nitrogen and oxygen atoms in total. The van der Waals surface area contributed by atoms with E-state index in [0.29, 0.717) is 43.4 Å². The molecular weight excluding hydrogens is 592 g/mol. The highest BCUT2D eigenvalue weighted by Crippen LogP contribution is 2.41. The molecule has 2 aromatic carbocycles. The van der Waals surface area contributed by atoms with Crippen molar-refractivity contribution in [1.82, 2.24) is 24.3 Å². The highest BCUT2D eigenvalue weighted by atomic mass is 79.9. The van der Waals surface area contributed by atoms with Gasteiger partial charge in [-0.05, 0) is 88.1 Å². The maximum atomic E-state index is 13.0. The van der Waals surface area contributed by atoms with Crippen molar-refractivity contribution in [2.45, 2.75) is 19.5 Å². The summed E-state index contributed by atoms with van der Waals surface area (Å²) in [4.78, 5) is 26.6. The second-order valence-electron chi connectivity index (χ2n) is 10.0. The zero-order chi connectivity index (χ0) is 27.8. The van der Waals surface area contributed by atoms with E-state index >= 15 is 0 Å². The Morgan fingerprint density at radius 2 is 1.88 bits per heavy atom. The van der Waals surface area contributed by atoms with Gasteiger partial charge in [-0.3, -0.25) is 9.88 Å². The molecule has 40 heavy (non-hydrogen) atoms. The number of aromatic nitrogens is 3. The molecule has 3 heterocycles. The third kappa shape index (κ3) is 5.37. The topological polar surface area (TPSA) is 86.5 Å². The largest absolute Gasteiger partial charge is 0.508 e. The van der Waals surface area contributed by atoms with Crippen LogP contribution < -0.4 is 5.32 Å². The van der Waals surface area contributed by atoms with Crippen molar-refractivity contribution < 1.29 is 9.90 Å². The fourth-order valence-corrected chi connectivity index (χ4v) is 5.95. The fraction of sp³-hybridized carbons (Fsp3) is 0.233. The second kappa shape index (κ2) is 11.1. The van der Waals surface area contributed by atoms with Crippen LogP contribution in [0.2, 0.25) is 5.02 Å². The predicted octanol–water partition coefficient (Wildman–Crippen LogP) is 6.20. The van der Waals surface area contributed by atoms with Crippen molar-refractivity contribution >= 4 is 50.9 Å². The molecule has 1 fully saturated rings. The van der Waals surface area contributed by atoms with E-state index in [1.165, 1.54) is 0 Å². The molecule has 4 aromatic rings. The van der Waals surface area contributed by atoms with Gasteiger partial charge in [-0.2, -0.15) is 0 Å². The first-order valence-corrected chi connectivity index (χ1v) is 14.3. The van der Waals surface area contributed by atoms with Gasteiger partial charge in [0.1, 0.15) is 11.6 Å². The number of amides is 2. The van der Waals surface area contributed by atoms with E-state index < -0.39 is 0 Å². The van der Waals surface area contributed by atoms with Gasteiger partial charge in [-0.25, -0.2) is 9.78 Å². The van der Waals surface area contributed by atoms with Crippen LogP contribution in [0.15, 0.2) is 71.6 Å². The number of pyridine rings is 1. The number of phenols is 1. The van der Waals surface area contributed by atoms with E-state index in [0.717, 1.165) is 38.3 Å². The number of nitrogens with zero attached hydrogens (tertiary/aromatic N) is 5. The van der Waals surface area contributed by atoms with Crippen molar-refractivity contribution in [1.29, 1.82) is 0 Å². The lowest BCUT2D eigenvalue weighted by molar-refractivity contribution is 0.125. The summed E-state index contributed by atoms with van der Waals surface area (Å²) < 4.78 is 3.05. The van der Waals surface area contributed by atoms with E-state index in [2.05, 4.69) is 53.9 Å². The summed E-state index contributed by atoms with van der Waals surface area (Å²) in [5.41, 5.74) is 6.03. The van der Waals surface area contributed by atoms with E-state index in [1.54, 1.807) is 24.3 Å². The standard InChI is InChI=1S/C30H28BrClN6O2/c1-19-33-8-9-38(19)18-21-14-20-15-23(32)2-7-26(20)29(28-27(21)16-22(31)17-34-28)36-10-12-37(13-11-36)30(40)35-24-3-5-25(39)6-4-24/h2-9,14-17,29,39H,10-13,18H2,1H3,(H,35,40). The van der Waals surface area contributed by atoms with Crippen molar-refractivity contribution in [3.05, 3.63) is 105 Å². The van der Waals surface area contributed by atoms with Crippen LogP contribution in [0.4, 0.5) is 10.5 Å². The van der Waals surface area contributed by atoms with Gasteiger partial charge >= 0.3 is 6.03 Å². The van der Waals surface area contributed by atoms with Gasteiger partial charge in [-0.1, -0.05) is 17.7 Å². The number of carbonyl (C=O) groups is 1. The van der Waals surface area contributed by atoms with Gasteiger partial charge < -0.3 is 19.9 Å². The molecule has 10 heteroatoms. The predicted molar refractivity (Wildman–Crippen MR) is 160 cm³/mol. The van der Waals surface area contributed by atoms with Gasteiger partial charge in [0.2, 0.25) is 0 Å². The van der Waals surface area contributed by atoms with Crippen LogP contribution >= 0.6 is 27.5 Å². The number of aromatic hydroxyl groups is 1. The number of carbonyl (C=O) groups excluding carboxylic acids is 1.